The lowest BCUT2D eigenvalue weighted by Gasteiger charge is -2.14. The zero-order chi connectivity index (χ0) is 21.1. The van der Waals surface area contributed by atoms with E-state index >= 15 is 0 Å². The van der Waals surface area contributed by atoms with E-state index in [1.807, 2.05) is 0 Å². The average Bonchev–Trinajstić information content (AvgIpc) is 2.69. The Hall–Kier alpha value is -3.29. The molecule has 3 rings (SSSR count). The summed E-state index contributed by atoms with van der Waals surface area (Å²) in [5, 5.41) is 0. The lowest BCUT2D eigenvalue weighted by molar-refractivity contribution is 0.0531. The molecule has 0 saturated carbocycles. The van der Waals surface area contributed by atoms with Gasteiger partial charge in [0.05, 0.1) is 12.7 Å². The van der Waals surface area contributed by atoms with Crippen molar-refractivity contribution in [3.63, 3.8) is 0 Å². The Morgan fingerprint density at radius 1 is 1.17 bits per heavy atom. The number of aryl methyl sites for hydroxylation is 1. The van der Waals surface area contributed by atoms with Crippen LogP contribution in [0.15, 0.2) is 35.7 Å². The number of nitrogens with two attached hydrogens (primary N) is 1. The Kier molecular flexibility index (Phi) is 5.91. The Morgan fingerprint density at radius 2 is 1.90 bits per heavy atom. The fourth-order valence-corrected chi connectivity index (χ4v) is 2.96. The number of nitrogens with zero attached hydrogens (tertiary/aromatic N) is 2. The molecule has 1 aliphatic carbocycles. The number of hydrogen-bond acceptors (Lipinski definition) is 6. The van der Waals surface area contributed by atoms with E-state index in [9.17, 15) is 13.6 Å². The Labute approximate surface area is 167 Å². The third kappa shape index (κ3) is 4.11. The first-order valence-electron chi connectivity index (χ1n) is 9.03. The van der Waals surface area contributed by atoms with Gasteiger partial charge in [-0.1, -0.05) is 12.1 Å². The summed E-state index contributed by atoms with van der Waals surface area (Å²) in [5.41, 5.74) is 7.05. The van der Waals surface area contributed by atoms with Crippen LogP contribution in [0.1, 0.15) is 34.5 Å². The summed E-state index contributed by atoms with van der Waals surface area (Å²) < 4.78 is 38.9. The van der Waals surface area contributed by atoms with Crippen LogP contribution in [-0.4, -0.2) is 29.7 Å². The molecule has 1 heterocycles. The van der Waals surface area contributed by atoms with Gasteiger partial charge >= 0.3 is 5.97 Å². The van der Waals surface area contributed by atoms with E-state index in [-0.39, 0.29) is 35.3 Å². The maximum Gasteiger partial charge on any atom is 0.357 e. The topological polar surface area (TPSA) is 87.3 Å². The maximum absolute atomic E-state index is 14.8. The Bertz CT molecular complexity index is 1030. The van der Waals surface area contributed by atoms with Crippen molar-refractivity contribution in [1.29, 1.82) is 0 Å². The first-order valence-corrected chi connectivity index (χ1v) is 9.03. The summed E-state index contributed by atoms with van der Waals surface area (Å²) in [6, 6.07) is 3.14. The third-order valence-electron chi connectivity index (χ3n) is 4.66. The summed E-state index contributed by atoms with van der Waals surface area (Å²) in [6.45, 7) is 3.03. The highest BCUT2D eigenvalue weighted by Gasteiger charge is 2.22. The highest BCUT2D eigenvalue weighted by molar-refractivity contribution is 5.91. The van der Waals surface area contributed by atoms with Crippen LogP contribution in [0.25, 0.3) is 11.4 Å². The number of methoxy groups -OCH3 is 1. The smallest absolute Gasteiger partial charge is 0.357 e. The Morgan fingerprint density at radius 3 is 2.59 bits per heavy atom. The molecule has 2 aromatic rings. The van der Waals surface area contributed by atoms with Crippen LogP contribution in [-0.2, 0) is 4.74 Å². The minimum absolute atomic E-state index is 0.0175. The van der Waals surface area contributed by atoms with Crippen molar-refractivity contribution in [2.45, 2.75) is 26.7 Å². The number of rotatable bonds is 5. The zero-order valence-electron chi connectivity index (χ0n) is 16.4. The molecule has 1 aromatic carbocycles. The molecule has 2 N–H and O–H groups in total. The molecule has 29 heavy (non-hydrogen) atoms. The molecule has 0 spiro atoms. The van der Waals surface area contributed by atoms with Crippen LogP contribution in [0.4, 0.5) is 14.6 Å². The standard InChI is InChI=1S/C21H21F2N3O3/c1-11-8-9-14(16(23)18(11)28-3)20-25-17(12(2)19(24)26-20)21(27)29-10-13-6-4-5-7-15(13)22/h6-9H,4-5,10H2,1-3H3,(H2,24,25,26). The molecule has 0 bridgehead atoms. The van der Waals surface area contributed by atoms with Crippen molar-refractivity contribution >= 4 is 11.8 Å². The SMILES string of the molecule is COc1c(C)ccc(-c2nc(N)c(C)c(C(=O)OCC3=CCCC=C3F)n2)c1F. The van der Waals surface area contributed by atoms with Crippen LogP contribution < -0.4 is 10.5 Å². The summed E-state index contributed by atoms with van der Waals surface area (Å²) in [6.07, 6.45) is 4.42. The van der Waals surface area contributed by atoms with Gasteiger partial charge in [-0.2, -0.15) is 0 Å². The second-order valence-electron chi connectivity index (χ2n) is 6.62. The van der Waals surface area contributed by atoms with Crippen molar-refractivity contribution in [3.05, 3.63) is 58.3 Å². The fourth-order valence-electron chi connectivity index (χ4n) is 2.96. The predicted molar refractivity (Wildman–Crippen MR) is 105 cm³/mol. The van der Waals surface area contributed by atoms with E-state index in [1.54, 1.807) is 26.0 Å². The normalized spacial score (nSPS) is 13.6. The van der Waals surface area contributed by atoms with Crippen LogP contribution in [0.2, 0.25) is 0 Å². The number of halogens is 2. The van der Waals surface area contributed by atoms with E-state index < -0.39 is 17.6 Å². The first-order chi connectivity index (χ1) is 13.8. The van der Waals surface area contributed by atoms with Crippen molar-refractivity contribution in [1.82, 2.24) is 9.97 Å². The second kappa shape index (κ2) is 8.38. The number of benzene rings is 1. The third-order valence-corrected chi connectivity index (χ3v) is 4.66. The lowest BCUT2D eigenvalue weighted by atomic mass is 10.1. The van der Waals surface area contributed by atoms with Gasteiger partial charge in [-0.3, -0.25) is 0 Å². The van der Waals surface area contributed by atoms with Crippen molar-refractivity contribution < 1.29 is 23.0 Å². The largest absolute Gasteiger partial charge is 0.493 e. The molecule has 1 aromatic heterocycles. The predicted octanol–water partition coefficient (Wildman–Crippen LogP) is 4.22. The van der Waals surface area contributed by atoms with Crippen LogP contribution in [0.3, 0.4) is 0 Å². The molecule has 0 saturated heterocycles. The molecule has 0 unspecified atom stereocenters. The highest BCUT2D eigenvalue weighted by atomic mass is 19.1. The number of allylic oxidation sites excluding steroid dienone is 2. The average molecular weight is 401 g/mol. The molecule has 0 atom stereocenters. The van der Waals surface area contributed by atoms with Gasteiger partial charge in [-0.05, 0) is 44.4 Å². The number of carbonyl (C=O) groups excluding carboxylic acids is 1. The van der Waals surface area contributed by atoms with Gasteiger partial charge in [0.15, 0.2) is 23.1 Å². The number of anilines is 1. The maximum atomic E-state index is 14.8. The quantitative estimate of drug-likeness (QED) is 0.755. The number of aromatic nitrogens is 2. The van der Waals surface area contributed by atoms with E-state index in [4.69, 9.17) is 15.2 Å². The van der Waals surface area contributed by atoms with Gasteiger partial charge in [-0.25, -0.2) is 23.5 Å². The molecule has 1 aliphatic rings. The molecule has 152 valence electrons. The van der Waals surface area contributed by atoms with Gasteiger partial charge in [0.25, 0.3) is 0 Å². The fraction of sp³-hybridized carbons (Fsp3) is 0.286. The number of ether oxygens (including phenoxy) is 2. The van der Waals surface area contributed by atoms with Gasteiger partial charge in [-0.15, -0.1) is 0 Å². The monoisotopic (exact) mass is 401 g/mol. The molecular formula is C21H21F2N3O3. The zero-order valence-corrected chi connectivity index (χ0v) is 16.4. The number of carbonyl (C=O) groups is 1. The Balaban J connectivity index is 1.93. The van der Waals surface area contributed by atoms with Crippen LogP contribution in [0.5, 0.6) is 5.75 Å². The number of hydrogen-bond donors (Lipinski definition) is 1. The van der Waals surface area contributed by atoms with E-state index in [2.05, 4.69) is 9.97 Å². The molecule has 0 fully saturated rings. The molecule has 0 aliphatic heterocycles. The molecule has 6 nitrogen and oxygen atoms in total. The van der Waals surface area contributed by atoms with Crippen molar-refractivity contribution in [3.8, 4) is 17.1 Å². The first kappa shape index (κ1) is 20.4. The minimum atomic E-state index is -0.795. The second-order valence-corrected chi connectivity index (χ2v) is 6.62. The van der Waals surface area contributed by atoms with Crippen molar-refractivity contribution in [2.75, 3.05) is 19.5 Å². The summed E-state index contributed by atoms with van der Waals surface area (Å²) in [5.74, 6) is -1.85. The minimum Gasteiger partial charge on any atom is -0.493 e. The molecule has 0 radical (unpaired) electrons. The van der Waals surface area contributed by atoms with Gasteiger partial charge < -0.3 is 15.2 Å². The van der Waals surface area contributed by atoms with Gasteiger partial charge in [0, 0.05) is 11.1 Å². The lowest BCUT2D eigenvalue weighted by Crippen LogP contribution is -2.15. The highest BCUT2D eigenvalue weighted by Crippen LogP contribution is 2.31. The van der Waals surface area contributed by atoms with Gasteiger partial charge in [0.2, 0.25) is 0 Å². The van der Waals surface area contributed by atoms with E-state index in [0.717, 1.165) is 0 Å². The molecular weight excluding hydrogens is 380 g/mol. The van der Waals surface area contributed by atoms with E-state index in [0.29, 0.717) is 29.5 Å². The number of esters is 1. The van der Waals surface area contributed by atoms with Crippen LogP contribution >= 0.6 is 0 Å². The molecule has 8 heteroatoms. The van der Waals surface area contributed by atoms with E-state index in [1.165, 1.54) is 19.3 Å². The number of nitrogen functional groups attached to an aromatic ring is 1. The summed E-state index contributed by atoms with van der Waals surface area (Å²) in [4.78, 5) is 20.8. The summed E-state index contributed by atoms with van der Waals surface area (Å²) in [7, 11) is 1.36. The molecule has 0 amide bonds. The summed E-state index contributed by atoms with van der Waals surface area (Å²) >= 11 is 0. The van der Waals surface area contributed by atoms with Crippen LogP contribution in [0, 0.1) is 19.7 Å². The van der Waals surface area contributed by atoms with Gasteiger partial charge in [0.1, 0.15) is 18.3 Å². The van der Waals surface area contributed by atoms with Crippen molar-refractivity contribution in [2.24, 2.45) is 0 Å².